The van der Waals surface area contributed by atoms with E-state index in [1.165, 1.54) is 55.6 Å². The van der Waals surface area contributed by atoms with Crippen molar-refractivity contribution < 1.29 is 33.3 Å². The molecule has 2 aliphatic rings. The van der Waals surface area contributed by atoms with Crippen molar-refractivity contribution in [3.63, 3.8) is 0 Å². The maximum atomic E-state index is 9.05. The number of methoxy groups -OCH3 is 2. The Kier molecular flexibility index (Phi) is 11.3. The molecule has 0 spiro atoms. The van der Waals surface area contributed by atoms with Crippen LogP contribution in [0.1, 0.15) is 99.8 Å². The maximum absolute atomic E-state index is 9.05. The van der Waals surface area contributed by atoms with Crippen LogP contribution in [0, 0.1) is 41.5 Å². The second kappa shape index (κ2) is 15.8. The van der Waals surface area contributed by atoms with Crippen molar-refractivity contribution in [3.05, 3.63) is 151 Å². The van der Waals surface area contributed by atoms with Gasteiger partial charge in [-0.3, -0.25) is 0 Å². The van der Waals surface area contributed by atoms with Gasteiger partial charge in [-0.2, -0.15) is 0 Å². The topological polar surface area (TPSA) is 44.7 Å². The van der Waals surface area contributed by atoms with Crippen LogP contribution in [0.5, 0.6) is 11.5 Å². The molecule has 2 atom stereocenters. The molecule has 8 heteroatoms. The van der Waals surface area contributed by atoms with Crippen LogP contribution in [0.4, 0.5) is 0 Å². The number of ether oxygens (including phenoxy) is 2. The zero-order valence-electron chi connectivity index (χ0n) is 37.0. The van der Waals surface area contributed by atoms with Gasteiger partial charge in [0.1, 0.15) is 0 Å². The van der Waals surface area contributed by atoms with Crippen molar-refractivity contribution in [2.45, 2.75) is 88.6 Å². The molecule has 0 aliphatic heterocycles. The van der Waals surface area contributed by atoms with Crippen LogP contribution < -0.4 is 9.47 Å². The summed E-state index contributed by atoms with van der Waals surface area (Å²) in [7, 11) is 21.6. The van der Waals surface area contributed by atoms with Crippen molar-refractivity contribution in [1.82, 2.24) is 0 Å². The van der Waals surface area contributed by atoms with Gasteiger partial charge in [-0.25, -0.2) is 0 Å². The van der Waals surface area contributed by atoms with E-state index in [4.69, 9.17) is 35.3 Å². The molecule has 0 N–H and O–H groups in total. The van der Waals surface area contributed by atoms with Crippen LogP contribution in [0.25, 0.3) is 45.6 Å². The number of furan rings is 2. The first kappa shape index (κ1) is 42.9. The van der Waals surface area contributed by atoms with Gasteiger partial charge in [-0.05, 0) is 0 Å². The fourth-order valence-electron chi connectivity index (χ4n) is 10.6. The fourth-order valence-corrected chi connectivity index (χ4v) is 38.3. The van der Waals surface area contributed by atoms with Gasteiger partial charge in [0.25, 0.3) is 0 Å². The summed E-state index contributed by atoms with van der Waals surface area (Å²) < 4.78 is 24.4. The molecule has 0 fully saturated rings. The molecule has 4 nitrogen and oxygen atoms in total. The summed E-state index contributed by atoms with van der Waals surface area (Å²) in [6.07, 6.45) is 6.50. The summed E-state index contributed by atoms with van der Waals surface area (Å²) in [5.74, 6) is 5.20. The Labute approximate surface area is 364 Å². The van der Waals surface area contributed by atoms with Crippen LogP contribution in [0.2, 0.25) is 13.1 Å². The summed E-state index contributed by atoms with van der Waals surface area (Å²) in [5.41, 5.74) is 17.2. The van der Waals surface area contributed by atoms with Gasteiger partial charge >= 0.3 is 367 Å². The zero-order chi connectivity index (χ0) is 43.0. The molecule has 2 aromatic heterocycles. The van der Waals surface area contributed by atoms with E-state index < -0.39 is 20.4 Å². The summed E-state index contributed by atoms with van der Waals surface area (Å²) >= 11 is -5.47. The van der Waals surface area contributed by atoms with Crippen LogP contribution >= 0.6 is 17.0 Å². The Morgan fingerprint density at radius 3 is 1.22 bits per heavy atom. The molecule has 0 radical (unpaired) electrons. The van der Waals surface area contributed by atoms with Crippen LogP contribution in [-0.2, 0) is 27.9 Å². The Morgan fingerprint density at radius 2 is 0.933 bits per heavy atom. The Morgan fingerprint density at radius 1 is 0.567 bits per heavy atom. The molecule has 6 aromatic rings. The predicted octanol–water partition coefficient (Wildman–Crippen LogP) is 15.3. The molecule has 0 amide bonds. The van der Waals surface area contributed by atoms with E-state index in [0.29, 0.717) is 0 Å². The summed E-state index contributed by atoms with van der Waals surface area (Å²) in [6, 6.07) is 26.7. The molecular weight excluding hydrogens is 879 g/mol. The molecule has 0 bridgehead atoms. The second-order valence-corrected chi connectivity index (χ2v) is 56.0. The predicted molar refractivity (Wildman–Crippen MR) is 252 cm³/mol. The Balaban J connectivity index is 1.47. The number of hydrogen-bond donors (Lipinski definition) is 0. The number of allylic oxidation sites excluding steroid dienone is 2. The van der Waals surface area contributed by atoms with Crippen LogP contribution in [0.15, 0.2) is 81.6 Å². The SMILES string of the molecule is CCc1ccc2c(c1-c1cc(C)c(OC)c(C)c1)C=C(c1ccc(C)o1)[CH]2[Zr]([Cl])([Cl])([CH]1C(c2ccc(C)o2)=Cc2c1ccc(CC)c2-c1cc(C)c(OC)c(C)c1)=[Si](C)C. The van der Waals surface area contributed by atoms with Gasteiger partial charge < -0.3 is 0 Å². The van der Waals surface area contributed by atoms with Gasteiger partial charge in [0.2, 0.25) is 0 Å². The molecule has 0 saturated heterocycles. The number of halogens is 2. The fraction of sp³-hybridized carbons (Fsp3) is 0.308. The first-order valence-electron chi connectivity index (χ1n) is 21.1. The third-order valence-corrected chi connectivity index (χ3v) is 59.6. The summed E-state index contributed by atoms with van der Waals surface area (Å²) in [6.45, 7) is 21.7. The molecule has 0 saturated carbocycles. The quantitative estimate of drug-likeness (QED) is 0.128. The second-order valence-electron chi connectivity index (χ2n) is 17.2. The molecule has 2 heterocycles. The molecule has 60 heavy (non-hydrogen) atoms. The van der Waals surface area contributed by atoms with E-state index >= 15 is 0 Å². The average molecular weight is 935 g/mol. The summed E-state index contributed by atoms with van der Waals surface area (Å²) in [4.78, 5) is 0. The van der Waals surface area contributed by atoms with Gasteiger partial charge in [-0.15, -0.1) is 0 Å². The zero-order valence-corrected chi connectivity index (χ0v) is 42.0. The normalized spacial score (nSPS) is 16.1. The van der Waals surface area contributed by atoms with E-state index in [1.807, 2.05) is 13.8 Å². The van der Waals surface area contributed by atoms with E-state index in [1.54, 1.807) is 14.2 Å². The van der Waals surface area contributed by atoms with Crippen molar-refractivity contribution in [1.29, 1.82) is 0 Å². The molecule has 2 aliphatic carbocycles. The average Bonchev–Trinajstić information content (AvgIpc) is 4.01. The van der Waals surface area contributed by atoms with Crippen LogP contribution in [-0.4, -0.2) is 19.7 Å². The Bertz CT molecular complexity index is 2650. The van der Waals surface area contributed by atoms with Crippen LogP contribution in [0.3, 0.4) is 0 Å². The first-order valence-corrected chi connectivity index (χ1v) is 36.5. The van der Waals surface area contributed by atoms with Crippen molar-refractivity contribution in [3.8, 4) is 33.8 Å². The number of rotatable bonds is 10. The number of fused-ring (bicyclic) bond motifs is 2. The van der Waals surface area contributed by atoms with E-state index in [-0.39, 0.29) is 7.25 Å². The van der Waals surface area contributed by atoms with Crippen molar-refractivity contribution in [2.75, 3.05) is 14.2 Å². The minimum atomic E-state index is -5.47. The van der Waals surface area contributed by atoms with Gasteiger partial charge in [0.15, 0.2) is 0 Å². The van der Waals surface area contributed by atoms with Crippen molar-refractivity contribution >= 4 is 45.8 Å². The number of aryl methyl sites for hydroxylation is 8. The number of hydrogen-bond acceptors (Lipinski definition) is 4. The molecule has 4 aromatic carbocycles. The Hall–Kier alpha value is -3.80. The van der Waals surface area contributed by atoms with E-state index in [0.717, 1.165) is 80.8 Å². The van der Waals surface area contributed by atoms with E-state index in [9.17, 15) is 0 Å². The monoisotopic (exact) mass is 932 g/mol. The summed E-state index contributed by atoms with van der Waals surface area (Å²) in [5, 5.41) is 0. The van der Waals surface area contributed by atoms with Crippen molar-refractivity contribution in [2.24, 2.45) is 0 Å². The number of benzene rings is 4. The molecule has 310 valence electrons. The molecular formula is C52H56Cl2O4SiZr. The van der Waals surface area contributed by atoms with Gasteiger partial charge in [0.05, 0.1) is 0 Å². The van der Waals surface area contributed by atoms with Gasteiger partial charge in [-0.1, -0.05) is 0 Å². The molecule has 2 unspecified atom stereocenters. The molecule has 8 rings (SSSR count). The van der Waals surface area contributed by atoms with Gasteiger partial charge in [0, 0.05) is 0 Å². The minimum absolute atomic E-state index is 0.264. The third-order valence-electron chi connectivity index (χ3n) is 13.3. The standard InChI is InChI=1S/2C25H25O2.C2H6Si.2ClH.Zr/c2*1-6-18-8-9-19-13-20(23-10-7-17(4)27-23)14-22(19)24(18)21-11-15(2)25(26-5)16(3)12-21;1-3-2;;;/h2*7-14H,6H2,1-5H3;1-2H3;2*1H;/q;;;;;+2/p-2. The van der Waals surface area contributed by atoms with E-state index in [2.05, 4.69) is 140 Å². The third kappa shape index (κ3) is 6.62. The first-order chi connectivity index (χ1) is 28.5.